The van der Waals surface area contributed by atoms with Crippen LogP contribution in [0.3, 0.4) is 0 Å². The molecule has 4 aliphatic rings. The van der Waals surface area contributed by atoms with Gasteiger partial charge < -0.3 is 9.52 Å². The minimum absolute atomic E-state index is 0.105. The summed E-state index contributed by atoms with van der Waals surface area (Å²) in [5.41, 5.74) is 4.51. The number of carbonyl (C=O) groups excluding carboxylic acids is 4. The van der Waals surface area contributed by atoms with Crippen molar-refractivity contribution >= 4 is 46.6 Å². The maximum atomic E-state index is 15.1. The number of halogens is 2. The molecule has 4 amide bonds. The van der Waals surface area contributed by atoms with Crippen molar-refractivity contribution in [1.29, 1.82) is 0 Å². The first kappa shape index (κ1) is 32.2. The van der Waals surface area contributed by atoms with Gasteiger partial charge in [-0.3, -0.25) is 29.5 Å². The number of nitrogens with one attached hydrogen (secondary N) is 1. The minimum atomic E-state index is -1.56. The molecule has 6 unspecified atom stereocenters. The van der Waals surface area contributed by atoms with Gasteiger partial charge in [-0.05, 0) is 97.0 Å². The van der Waals surface area contributed by atoms with E-state index in [9.17, 15) is 23.9 Å². The summed E-state index contributed by atoms with van der Waals surface area (Å²) in [5, 5.41) is 11.4. The molecule has 4 aromatic rings. The Morgan fingerprint density at radius 2 is 1.62 bits per heavy atom. The van der Waals surface area contributed by atoms with Gasteiger partial charge in [0.1, 0.15) is 29.4 Å². The zero-order valence-corrected chi connectivity index (χ0v) is 27.8. The molecule has 0 radical (unpaired) electrons. The highest BCUT2D eigenvalue weighted by atomic mass is 35.5. The van der Waals surface area contributed by atoms with E-state index in [2.05, 4.69) is 5.43 Å². The van der Waals surface area contributed by atoms with E-state index in [4.69, 9.17) is 16.0 Å². The molecule has 6 atom stereocenters. The third-order valence-electron chi connectivity index (χ3n) is 11.0. The van der Waals surface area contributed by atoms with Crippen LogP contribution in [0.2, 0.25) is 5.02 Å². The standard InChI is InChI=1S/C39H33ClFN3O6/c1-2-21-3-13-26(14-4-21)43-35(46)29-17-16-28-30(33(29)37(43)48)19-31-36(47)44(42-25-11-9-24(41)10-12-25)38(49)39(31,22-5-7-23(40)8-6-22)34(28)32-18-15-27(20-45)50-32/h3-16,18,29-31,33-34,42,45H,2,17,19-20H2,1H3. The van der Waals surface area contributed by atoms with E-state index in [1.54, 1.807) is 48.5 Å². The first-order chi connectivity index (χ1) is 24.2. The van der Waals surface area contributed by atoms with E-state index < -0.39 is 52.6 Å². The Kier molecular flexibility index (Phi) is 7.76. The molecule has 3 aromatic carbocycles. The van der Waals surface area contributed by atoms with E-state index in [0.717, 1.165) is 22.6 Å². The number of hydrogen-bond acceptors (Lipinski definition) is 7. The Morgan fingerprint density at radius 1 is 0.900 bits per heavy atom. The van der Waals surface area contributed by atoms with Crippen LogP contribution in [0.1, 0.15) is 48.3 Å². The number of carbonyl (C=O) groups is 4. The van der Waals surface area contributed by atoms with Crippen molar-refractivity contribution in [3.63, 3.8) is 0 Å². The monoisotopic (exact) mass is 693 g/mol. The summed E-state index contributed by atoms with van der Waals surface area (Å²) in [4.78, 5) is 59.4. The third kappa shape index (κ3) is 4.69. The van der Waals surface area contributed by atoms with Gasteiger partial charge in [-0.15, -0.1) is 0 Å². The lowest BCUT2D eigenvalue weighted by atomic mass is 9.50. The van der Waals surface area contributed by atoms with E-state index in [1.165, 1.54) is 29.2 Å². The molecule has 50 heavy (non-hydrogen) atoms. The number of allylic oxidation sites excluding steroid dienone is 2. The van der Waals surface area contributed by atoms with Crippen molar-refractivity contribution in [1.82, 2.24) is 5.01 Å². The number of aliphatic hydroxyl groups excluding tert-OH is 1. The minimum Gasteiger partial charge on any atom is -0.463 e. The van der Waals surface area contributed by atoms with Crippen molar-refractivity contribution in [3.05, 3.63) is 130 Å². The van der Waals surface area contributed by atoms with Crippen LogP contribution in [-0.4, -0.2) is 33.7 Å². The number of fused-ring (bicyclic) bond motifs is 4. The van der Waals surface area contributed by atoms with Crippen molar-refractivity contribution in [2.75, 3.05) is 10.3 Å². The highest BCUT2D eigenvalue weighted by Crippen LogP contribution is 2.64. The first-order valence-corrected chi connectivity index (χ1v) is 17.1. The lowest BCUT2D eigenvalue weighted by Gasteiger charge is -2.49. The number of hydrogen-bond donors (Lipinski definition) is 2. The molecule has 1 aromatic heterocycles. The number of aryl methyl sites for hydroxylation is 1. The van der Waals surface area contributed by atoms with Crippen molar-refractivity contribution in [3.8, 4) is 0 Å². The number of amides is 4. The largest absolute Gasteiger partial charge is 0.463 e. The van der Waals surface area contributed by atoms with Crippen LogP contribution < -0.4 is 10.3 Å². The van der Waals surface area contributed by atoms with Crippen LogP contribution in [0.4, 0.5) is 15.8 Å². The molecule has 3 heterocycles. The highest BCUT2D eigenvalue weighted by molar-refractivity contribution is 6.30. The Balaban J connectivity index is 1.29. The fraction of sp³-hybridized carbons (Fsp3) is 0.282. The predicted molar refractivity (Wildman–Crippen MR) is 182 cm³/mol. The van der Waals surface area contributed by atoms with Gasteiger partial charge in [0.05, 0.1) is 35.0 Å². The summed E-state index contributed by atoms with van der Waals surface area (Å²) in [6, 6.07) is 22.8. The van der Waals surface area contributed by atoms with Crippen molar-refractivity contribution in [2.24, 2.45) is 23.7 Å². The maximum Gasteiger partial charge on any atom is 0.260 e. The number of anilines is 2. The molecule has 2 aliphatic heterocycles. The number of imide groups is 2. The Bertz CT molecular complexity index is 2060. The van der Waals surface area contributed by atoms with Gasteiger partial charge in [0.25, 0.3) is 11.8 Å². The number of nitrogens with zero attached hydrogens (tertiary/aromatic N) is 2. The maximum absolute atomic E-state index is 15.1. The van der Waals surface area contributed by atoms with Crippen LogP contribution >= 0.6 is 11.6 Å². The number of benzene rings is 3. The third-order valence-corrected chi connectivity index (χ3v) is 11.2. The van der Waals surface area contributed by atoms with Gasteiger partial charge in [0.2, 0.25) is 11.8 Å². The summed E-state index contributed by atoms with van der Waals surface area (Å²) in [6.07, 6.45) is 3.11. The average Bonchev–Trinajstić information content (AvgIpc) is 3.77. The van der Waals surface area contributed by atoms with Gasteiger partial charge in [0, 0.05) is 5.02 Å². The number of furan rings is 1. The summed E-state index contributed by atoms with van der Waals surface area (Å²) in [6.45, 7) is 1.64. The fourth-order valence-corrected chi connectivity index (χ4v) is 8.86. The summed E-state index contributed by atoms with van der Waals surface area (Å²) < 4.78 is 20.0. The molecule has 2 saturated heterocycles. The van der Waals surface area contributed by atoms with E-state index in [0.29, 0.717) is 27.7 Å². The molecule has 3 fully saturated rings. The second-order valence-corrected chi connectivity index (χ2v) is 13.8. The van der Waals surface area contributed by atoms with Crippen LogP contribution in [0.5, 0.6) is 0 Å². The Labute approximate surface area is 292 Å². The average molecular weight is 694 g/mol. The first-order valence-electron chi connectivity index (χ1n) is 16.7. The molecule has 0 bridgehead atoms. The topological polar surface area (TPSA) is 120 Å². The molecule has 0 spiro atoms. The second kappa shape index (κ2) is 12.1. The smallest absolute Gasteiger partial charge is 0.260 e. The van der Waals surface area contributed by atoms with Crippen molar-refractivity contribution in [2.45, 2.75) is 44.1 Å². The van der Waals surface area contributed by atoms with Crippen LogP contribution in [0, 0.1) is 29.5 Å². The molecule has 8 rings (SSSR count). The quantitative estimate of drug-likeness (QED) is 0.172. The van der Waals surface area contributed by atoms with Gasteiger partial charge in [-0.1, -0.05) is 54.4 Å². The Morgan fingerprint density at radius 3 is 2.28 bits per heavy atom. The zero-order valence-electron chi connectivity index (χ0n) is 27.0. The lowest BCUT2D eigenvalue weighted by Crippen LogP contribution is -2.53. The van der Waals surface area contributed by atoms with E-state index in [-0.39, 0.29) is 37.0 Å². The van der Waals surface area contributed by atoms with Gasteiger partial charge in [0.15, 0.2) is 0 Å². The molecular weight excluding hydrogens is 661 g/mol. The van der Waals surface area contributed by atoms with Gasteiger partial charge in [-0.25, -0.2) is 4.39 Å². The van der Waals surface area contributed by atoms with Crippen LogP contribution in [-0.2, 0) is 37.6 Å². The normalized spacial score (nSPS) is 27.3. The predicted octanol–water partition coefficient (Wildman–Crippen LogP) is 6.32. The molecule has 11 heteroatoms. The van der Waals surface area contributed by atoms with Crippen LogP contribution in [0.15, 0.2) is 101 Å². The number of hydrazine groups is 1. The molecule has 2 N–H and O–H groups in total. The van der Waals surface area contributed by atoms with E-state index >= 15 is 4.79 Å². The van der Waals surface area contributed by atoms with Crippen molar-refractivity contribution < 1.29 is 33.1 Å². The lowest BCUT2D eigenvalue weighted by molar-refractivity contribution is -0.138. The summed E-state index contributed by atoms with van der Waals surface area (Å²) in [7, 11) is 0. The molecule has 2 aliphatic carbocycles. The molecule has 254 valence electrons. The zero-order chi connectivity index (χ0) is 34.9. The highest BCUT2D eigenvalue weighted by Gasteiger charge is 2.71. The van der Waals surface area contributed by atoms with Gasteiger partial charge >= 0.3 is 0 Å². The molecular formula is C39H33ClFN3O6. The fourth-order valence-electron chi connectivity index (χ4n) is 8.73. The SMILES string of the molecule is CCc1ccc(N2C(=O)C3CC=C4C(CC5C(=O)N(Nc6ccc(F)cc6)C(=O)C5(c5ccc(Cl)cc5)C4c4ccc(CO)o4)C3C2=O)cc1. The molecule has 9 nitrogen and oxygen atoms in total. The number of aliphatic hydroxyl groups is 1. The number of rotatable bonds is 7. The Hall–Kier alpha value is -5.06. The molecule has 1 saturated carbocycles. The summed E-state index contributed by atoms with van der Waals surface area (Å²) in [5.74, 6) is -5.46. The second-order valence-electron chi connectivity index (χ2n) is 13.4. The van der Waals surface area contributed by atoms with Crippen LogP contribution in [0.25, 0.3) is 0 Å². The van der Waals surface area contributed by atoms with Gasteiger partial charge in [-0.2, -0.15) is 5.01 Å². The summed E-state index contributed by atoms with van der Waals surface area (Å²) >= 11 is 6.33. The van der Waals surface area contributed by atoms with E-state index in [1.807, 2.05) is 25.1 Å².